The number of anilines is 1. The van der Waals surface area contributed by atoms with Gasteiger partial charge in [0.15, 0.2) is 5.11 Å². The number of aromatic nitrogens is 2. The van der Waals surface area contributed by atoms with E-state index in [2.05, 4.69) is 33.2 Å². The van der Waals surface area contributed by atoms with Crippen LogP contribution >= 0.6 is 23.8 Å². The van der Waals surface area contributed by atoms with E-state index in [0.717, 1.165) is 28.3 Å². The minimum Gasteiger partial charge on any atom is -0.495 e. The van der Waals surface area contributed by atoms with Crippen molar-refractivity contribution in [2.24, 2.45) is 0 Å². The van der Waals surface area contributed by atoms with Gasteiger partial charge in [0.1, 0.15) is 11.6 Å². The molecule has 5 rings (SSSR count). The number of rotatable bonds is 8. The summed E-state index contributed by atoms with van der Waals surface area (Å²) in [7, 11) is 1.64. The van der Waals surface area contributed by atoms with Gasteiger partial charge in [0.25, 0.3) is 0 Å². The van der Waals surface area contributed by atoms with Gasteiger partial charge in [0.2, 0.25) is 5.91 Å². The SMILES string of the molecule is COc1ccc(Cl)cc1-n1c(C)cc([C@@H]2[C@@H](c3ccccn3)NC(=S)N2CCC(=O)Nc2ccc(F)cc2)c1C. The van der Waals surface area contributed by atoms with Gasteiger partial charge in [0, 0.05) is 41.3 Å². The van der Waals surface area contributed by atoms with Crippen molar-refractivity contribution in [1.82, 2.24) is 19.8 Å². The third kappa shape index (κ3) is 5.52. The number of hydrogen-bond acceptors (Lipinski definition) is 4. The standard InChI is InChI=1S/C30H29ClFN5O2S/c1-18-16-23(19(2)37(18)25-17-20(31)7-12-26(25)39-3)29-28(24-6-4-5-14-33-24)35-30(40)36(29)15-13-27(38)34-22-10-8-21(32)9-11-22/h4-12,14,16-17,28-29H,13,15H2,1-3H3,(H,34,38)(H,35,40)/t28-,29-/m1/s1. The molecule has 2 atom stereocenters. The maximum absolute atomic E-state index is 13.3. The highest BCUT2D eigenvalue weighted by atomic mass is 35.5. The molecule has 1 saturated heterocycles. The number of amides is 1. The van der Waals surface area contributed by atoms with E-state index in [-0.39, 0.29) is 30.2 Å². The number of aryl methyl sites for hydroxylation is 1. The van der Waals surface area contributed by atoms with Gasteiger partial charge in [-0.25, -0.2) is 4.39 Å². The highest BCUT2D eigenvalue weighted by molar-refractivity contribution is 7.80. The molecule has 2 aromatic carbocycles. The van der Waals surface area contributed by atoms with Crippen LogP contribution in [0.25, 0.3) is 5.69 Å². The van der Waals surface area contributed by atoms with Crippen molar-refractivity contribution in [2.75, 3.05) is 19.0 Å². The van der Waals surface area contributed by atoms with Gasteiger partial charge in [-0.3, -0.25) is 9.78 Å². The van der Waals surface area contributed by atoms with E-state index in [1.165, 1.54) is 24.3 Å². The van der Waals surface area contributed by atoms with Crippen LogP contribution in [0.1, 0.15) is 41.1 Å². The normalized spacial score (nSPS) is 16.6. The number of benzene rings is 2. The number of thiocarbonyl (C=S) groups is 1. The van der Waals surface area contributed by atoms with Crippen LogP contribution in [-0.4, -0.2) is 39.1 Å². The lowest BCUT2D eigenvalue weighted by atomic mass is 9.96. The van der Waals surface area contributed by atoms with Gasteiger partial charge in [-0.15, -0.1) is 0 Å². The Balaban J connectivity index is 1.49. The lowest BCUT2D eigenvalue weighted by Gasteiger charge is -2.28. The number of nitrogens with zero attached hydrogens (tertiary/aromatic N) is 3. The molecular formula is C30H29ClFN5O2S. The summed E-state index contributed by atoms with van der Waals surface area (Å²) in [6, 6.07) is 18.7. The zero-order valence-electron chi connectivity index (χ0n) is 22.3. The van der Waals surface area contributed by atoms with Crippen LogP contribution in [0.15, 0.2) is 72.9 Å². The molecule has 2 N–H and O–H groups in total. The van der Waals surface area contributed by atoms with E-state index in [4.69, 9.17) is 28.6 Å². The number of halogens is 2. The van der Waals surface area contributed by atoms with Gasteiger partial charge in [-0.2, -0.15) is 0 Å². The van der Waals surface area contributed by atoms with Crippen molar-refractivity contribution in [2.45, 2.75) is 32.4 Å². The molecule has 1 aliphatic heterocycles. The summed E-state index contributed by atoms with van der Waals surface area (Å²) in [6.07, 6.45) is 1.95. The van der Waals surface area contributed by atoms with Crippen molar-refractivity contribution in [3.63, 3.8) is 0 Å². The average Bonchev–Trinajstić information content (AvgIpc) is 3.43. The Morgan fingerprint density at radius 3 is 2.62 bits per heavy atom. The molecule has 3 heterocycles. The fourth-order valence-electron chi connectivity index (χ4n) is 5.26. The predicted molar refractivity (Wildman–Crippen MR) is 159 cm³/mol. The number of carbonyl (C=O) groups is 1. The zero-order chi connectivity index (χ0) is 28.4. The number of hydrogen-bond donors (Lipinski definition) is 2. The summed E-state index contributed by atoms with van der Waals surface area (Å²) in [5, 5.41) is 7.42. The fourth-order valence-corrected chi connectivity index (χ4v) is 5.76. The maximum Gasteiger partial charge on any atom is 0.226 e. The Kier molecular flexibility index (Phi) is 8.04. The molecule has 1 amide bonds. The Morgan fingerprint density at radius 2 is 1.93 bits per heavy atom. The van der Waals surface area contributed by atoms with Gasteiger partial charge >= 0.3 is 0 Å². The highest BCUT2D eigenvalue weighted by Crippen LogP contribution is 2.42. The summed E-state index contributed by atoms with van der Waals surface area (Å²) < 4.78 is 21.0. The molecule has 0 bridgehead atoms. The molecule has 40 heavy (non-hydrogen) atoms. The quantitative estimate of drug-likeness (QED) is 0.240. The highest BCUT2D eigenvalue weighted by Gasteiger charge is 2.41. The van der Waals surface area contributed by atoms with Gasteiger partial charge in [0.05, 0.1) is 30.6 Å². The van der Waals surface area contributed by atoms with Crippen LogP contribution < -0.4 is 15.4 Å². The van der Waals surface area contributed by atoms with Crippen molar-refractivity contribution >= 4 is 40.5 Å². The number of methoxy groups -OCH3 is 1. The van der Waals surface area contributed by atoms with E-state index in [1.54, 1.807) is 19.4 Å². The van der Waals surface area contributed by atoms with Gasteiger partial charge in [-0.05, 0) is 92.3 Å². The number of carbonyl (C=O) groups excluding carboxylic acids is 1. The number of pyridine rings is 1. The van der Waals surface area contributed by atoms with Crippen LogP contribution in [0.4, 0.5) is 10.1 Å². The Labute approximate surface area is 242 Å². The zero-order valence-corrected chi connectivity index (χ0v) is 23.9. The lowest BCUT2D eigenvalue weighted by Crippen LogP contribution is -2.32. The number of ether oxygens (including phenoxy) is 1. The van der Waals surface area contributed by atoms with E-state index in [1.807, 2.05) is 42.2 Å². The minimum atomic E-state index is -0.358. The topological polar surface area (TPSA) is 71.4 Å². The molecule has 0 spiro atoms. The third-order valence-electron chi connectivity index (χ3n) is 7.08. The first-order valence-electron chi connectivity index (χ1n) is 12.8. The molecular weight excluding hydrogens is 549 g/mol. The largest absolute Gasteiger partial charge is 0.495 e. The first-order chi connectivity index (χ1) is 19.3. The Bertz CT molecular complexity index is 1540. The molecule has 0 saturated carbocycles. The van der Waals surface area contributed by atoms with Crippen molar-refractivity contribution < 1.29 is 13.9 Å². The first-order valence-corrected chi connectivity index (χ1v) is 13.6. The molecule has 10 heteroatoms. The molecule has 0 unspecified atom stereocenters. The molecule has 2 aromatic heterocycles. The second kappa shape index (κ2) is 11.7. The van der Waals surface area contributed by atoms with Crippen LogP contribution in [0, 0.1) is 19.7 Å². The van der Waals surface area contributed by atoms with Crippen molar-refractivity contribution in [3.05, 3.63) is 106 Å². The van der Waals surface area contributed by atoms with E-state index >= 15 is 0 Å². The molecule has 4 aromatic rings. The molecule has 1 fully saturated rings. The molecule has 0 aliphatic carbocycles. The summed E-state index contributed by atoms with van der Waals surface area (Å²) in [6.45, 7) is 4.46. The monoisotopic (exact) mass is 577 g/mol. The summed E-state index contributed by atoms with van der Waals surface area (Å²) in [4.78, 5) is 19.5. The lowest BCUT2D eigenvalue weighted by molar-refractivity contribution is -0.116. The third-order valence-corrected chi connectivity index (χ3v) is 7.66. The minimum absolute atomic E-state index is 0.186. The Morgan fingerprint density at radius 1 is 1.15 bits per heavy atom. The van der Waals surface area contributed by atoms with Crippen molar-refractivity contribution in [3.8, 4) is 11.4 Å². The molecule has 0 radical (unpaired) electrons. The average molecular weight is 578 g/mol. The van der Waals surface area contributed by atoms with Crippen LogP contribution in [0.2, 0.25) is 5.02 Å². The van der Waals surface area contributed by atoms with Crippen LogP contribution in [0.3, 0.4) is 0 Å². The number of nitrogens with one attached hydrogen (secondary N) is 2. The molecule has 7 nitrogen and oxygen atoms in total. The fraction of sp³-hybridized carbons (Fsp3) is 0.233. The van der Waals surface area contributed by atoms with Gasteiger partial charge < -0.3 is 24.8 Å². The second-order valence-electron chi connectivity index (χ2n) is 9.60. The summed E-state index contributed by atoms with van der Waals surface area (Å²) in [5.74, 6) is 0.153. The molecule has 206 valence electrons. The maximum atomic E-state index is 13.3. The van der Waals surface area contributed by atoms with Crippen LogP contribution in [-0.2, 0) is 4.79 Å². The smallest absolute Gasteiger partial charge is 0.226 e. The first kappa shape index (κ1) is 27.6. The van der Waals surface area contributed by atoms with E-state index in [0.29, 0.717) is 28.1 Å². The molecule has 1 aliphatic rings. The summed E-state index contributed by atoms with van der Waals surface area (Å²) in [5.41, 5.74) is 5.26. The van der Waals surface area contributed by atoms with Crippen LogP contribution in [0.5, 0.6) is 5.75 Å². The van der Waals surface area contributed by atoms with E-state index in [9.17, 15) is 9.18 Å². The van der Waals surface area contributed by atoms with Crippen molar-refractivity contribution in [1.29, 1.82) is 0 Å². The second-order valence-corrected chi connectivity index (χ2v) is 10.4. The predicted octanol–water partition coefficient (Wildman–Crippen LogP) is 6.29. The van der Waals surface area contributed by atoms with E-state index < -0.39 is 0 Å². The van der Waals surface area contributed by atoms with Gasteiger partial charge in [-0.1, -0.05) is 17.7 Å². The Hall–Kier alpha value is -3.95. The summed E-state index contributed by atoms with van der Waals surface area (Å²) >= 11 is 12.2.